The molecule has 1 unspecified atom stereocenters. The largest absolute Gasteiger partial charge is 0.204 e. The van der Waals surface area contributed by atoms with Gasteiger partial charge in [0.25, 0.3) is 0 Å². The minimum atomic E-state index is -0.830. The van der Waals surface area contributed by atoms with Crippen LogP contribution in [0.5, 0.6) is 0 Å². The third-order valence-electron chi connectivity index (χ3n) is 2.42. The fourth-order valence-electron chi connectivity index (χ4n) is 1.53. The van der Waals surface area contributed by atoms with E-state index in [1.165, 1.54) is 6.07 Å². The van der Waals surface area contributed by atoms with Gasteiger partial charge in [-0.15, -0.1) is 0 Å². The van der Waals surface area contributed by atoms with Crippen LogP contribution in [0, 0.1) is 11.6 Å². The zero-order valence-corrected chi connectivity index (χ0v) is 11.8. The van der Waals surface area contributed by atoms with Gasteiger partial charge >= 0.3 is 0 Å². The first-order chi connectivity index (χ1) is 8.09. The lowest BCUT2D eigenvalue weighted by atomic mass is 10.0. The highest BCUT2D eigenvalue weighted by Gasteiger charge is 2.17. The molecule has 2 aromatic carbocycles. The van der Waals surface area contributed by atoms with E-state index in [9.17, 15) is 8.78 Å². The molecule has 0 heterocycles. The molecule has 0 amide bonds. The van der Waals surface area contributed by atoms with Crippen molar-refractivity contribution in [3.63, 3.8) is 0 Å². The van der Waals surface area contributed by atoms with E-state index in [0.29, 0.717) is 5.56 Å². The van der Waals surface area contributed by atoms with E-state index in [4.69, 9.17) is 0 Å². The van der Waals surface area contributed by atoms with Gasteiger partial charge in [-0.2, -0.15) is 0 Å². The summed E-state index contributed by atoms with van der Waals surface area (Å²) >= 11 is 6.71. The summed E-state index contributed by atoms with van der Waals surface area (Å²) in [6, 6.07) is 11.6. The molecule has 0 radical (unpaired) electrons. The van der Waals surface area contributed by atoms with E-state index < -0.39 is 11.6 Å². The van der Waals surface area contributed by atoms with Crippen molar-refractivity contribution in [2.75, 3.05) is 0 Å². The predicted octanol–water partition coefficient (Wildman–Crippen LogP) is 5.21. The molecule has 0 aliphatic heterocycles. The molecular formula is C13H8Br2F2. The normalized spacial score (nSPS) is 12.5. The number of halogens is 4. The van der Waals surface area contributed by atoms with Crippen LogP contribution in [0.2, 0.25) is 0 Å². The number of benzene rings is 2. The molecule has 0 bridgehead atoms. The Labute approximate surface area is 115 Å². The molecule has 0 nitrogen and oxygen atoms in total. The van der Waals surface area contributed by atoms with Crippen molar-refractivity contribution in [3.05, 3.63) is 69.7 Å². The number of hydrogen-bond donors (Lipinski definition) is 0. The molecule has 1 atom stereocenters. The quantitative estimate of drug-likeness (QED) is 0.644. The Morgan fingerprint density at radius 3 is 2.24 bits per heavy atom. The zero-order valence-electron chi connectivity index (χ0n) is 8.63. The van der Waals surface area contributed by atoms with E-state index in [1.54, 1.807) is 6.07 Å². The van der Waals surface area contributed by atoms with Crippen LogP contribution in [0.25, 0.3) is 0 Å². The van der Waals surface area contributed by atoms with Gasteiger partial charge in [-0.1, -0.05) is 56.1 Å². The molecule has 0 aromatic heterocycles. The molecule has 2 rings (SSSR count). The Hall–Kier alpha value is -0.740. The maximum Gasteiger partial charge on any atom is 0.163 e. The smallest absolute Gasteiger partial charge is 0.163 e. The molecule has 17 heavy (non-hydrogen) atoms. The fraction of sp³-hybridized carbons (Fsp3) is 0.0769. The minimum absolute atomic E-state index is 0.298. The van der Waals surface area contributed by atoms with E-state index in [0.717, 1.165) is 16.1 Å². The van der Waals surface area contributed by atoms with E-state index in [2.05, 4.69) is 31.9 Å². The van der Waals surface area contributed by atoms with Crippen molar-refractivity contribution in [1.82, 2.24) is 0 Å². The van der Waals surface area contributed by atoms with Crippen molar-refractivity contribution < 1.29 is 8.78 Å². The third-order valence-corrected chi connectivity index (χ3v) is 3.97. The second kappa shape index (κ2) is 5.27. The van der Waals surface area contributed by atoms with Crippen LogP contribution in [-0.4, -0.2) is 0 Å². The second-order valence-electron chi connectivity index (χ2n) is 3.56. The zero-order chi connectivity index (χ0) is 12.4. The molecule has 0 fully saturated rings. The average Bonchev–Trinajstić information content (AvgIpc) is 2.33. The lowest BCUT2D eigenvalue weighted by molar-refractivity contribution is 0.500. The van der Waals surface area contributed by atoms with Gasteiger partial charge in [0.2, 0.25) is 0 Å². The minimum Gasteiger partial charge on any atom is -0.204 e. The van der Waals surface area contributed by atoms with Gasteiger partial charge in [0.1, 0.15) is 0 Å². The summed E-state index contributed by atoms with van der Waals surface area (Å²) in [6.45, 7) is 0. The maximum atomic E-state index is 13.6. The summed E-state index contributed by atoms with van der Waals surface area (Å²) in [6.07, 6.45) is 0. The summed E-state index contributed by atoms with van der Waals surface area (Å²) in [5.74, 6) is -1.64. The molecule has 0 saturated heterocycles. The Bertz CT molecular complexity index is 523. The highest BCUT2D eigenvalue weighted by atomic mass is 79.9. The molecule has 2 aromatic rings. The van der Waals surface area contributed by atoms with Gasteiger partial charge < -0.3 is 0 Å². The summed E-state index contributed by atoms with van der Waals surface area (Å²) in [5.41, 5.74) is 1.17. The highest BCUT2D eigenvalue weighted by molar-refractivity contribution is 9.10. The Kier molecular flexibility index (Phi) is 3.94. The van der Waals surface area contributed by atoms with Gasteiger partial charge in [0.15, 0.2) is 11.6 Å². The monoisotopic (exact) mass is 360 g/mol. The van der Waals surface area contributed by atoms with Crippen molar-refractivity contribution in [2.24, 2.45) is 0 Å². The molecule has 4 heteroatoms. The van der Waals surface area contributed by atoms with E-state index in [-0.39, 0.29) is 4.83 Å². The van der Waals surface area contributed by atoms with Gasteiger partial charge in [0.05, 0.1) is 4.83 Å². The number of hydrogen-bond acceptors (Lipinski definition) is 0. The summed E-state index contributed by atoms with van der Waals surface area (Å²) in [4.78, 5) is -0.355. The summed E-state index contributed by atoms with van der Waals surface area (Å²) in [5, 5.41) is 0. The molecule has 0 aliphatic rings. The van der Waals surface area contributed by atoms with Crippen molar-refractivity contribution in [1.29, 1.82) is 0 Å². The Balaban J connectivity index is 2.40. The van der Waals surface area contributed by atoms with Crippen LogP contribution in [0.3, 0.4) is 0 Å². The fourth-order valence-corrected chi connectivity index (χ4v) is 2.45. The molecule has 0 aliphatic carbocycles. The Morgan fingerprint density at radius 2 is 1.59 bits per heavy atom. The standard InChI is InChI=1S/C13H8Br2F2/c14-9-6-4-8(5-7-9)12(15)10-2-1-3-11(16)13(10)17/h1-7,12H. The van der Waals surface area contributed by atoms with E-state index in [1.807, 2.05) is 24.3 Å². The predicted molar refractivity (Wildman–Crippen MR) is 71.3 cm³/mol. The molecule has 88 valence electrons. The van der Waals surface area contributed by atoms with Crippen LogP contribution in [-0.2, 0) is 0 Å². The topological polar surface area (TPSA) is 0 Å². The first kappa shape index (κ1) is 12.7. The van der Waals surface area contributed by atoms with Crippen LogP contribution in [0.1, 0.15) is 16.0 Å². The molecule has 0 spiro atoms. The van der Waals surface area contributed by atoms with E-state index >= 15 is 0 Å². The van der Waals surface area contributed by atoms with Crippen molar-refractivity contribution >= 4 is 31.9 Å². The molecule has 0 saturated carbocycles. The highest BCUT2D eigenvalue weighted by Crippen LogP contribution is 2.33. The lowest BCUT2D eigenvalue weighted by Gasteiger charge is -2.12. The van der Waals surface area contributed by atoms with Gasteiger partial charge in [-0.3, -0.25) is 0 Å². The van der Waals surface area contributed by atoms with Crippen LogP contribution in [0.4, 0.5) is 8.78 Å². The first-order valence-corrected chi connectivity index (χ1v) is 6.64. The van der Waals surface area contributed by atoms with Gasteiger partial charge in [0, 0.05) is 10.0 Å². The molecular weight excluding hydrogens is 354 g/mol. The van der Waals surface area contributed by atoms with Crippen LogP contribution < -0.4 is 0 Å². The SMILES string of the molecule is Fc1cccc(C(Br)c2ccc(Br)cc2)c1F. The van der Waals surface area contributed by atoms with Crippen LogP contribution >= 0.6 is 31.9 Å². The van der Waals surface area contributed by atoms with Crippen LogP contribution in [0.15, 0.2) is 46.9 Å². The second-order valence-corrected chi connectivity index (χ2v) is 5.39. The lowest BCUT2D eigenvalue weighted by Crippen LogP contribution is -1.98. The average molecular weight is 362 g/mol. The Morgan fingerprint density at radius 1 is 0.941 bits per heavy atom. The number of rotatable bonds is 2. The molecule has 0 N–H and O–H groups in total. The summed E-state index contributed by atoms with van der Waals surface area (Å²) < 4.78 is 27.7. The first-order valence-electron chi connectivity index (χ1n) is 4.93. The van der Waals surface area contributed by atoms with Crippen molar-refractivity contribution in [2.45, 2.75) is 4.83 Å². The summed E-state index contributed by atoms with van der Waals surface area (Å²) in [7, 11) is 0. The van der Waals surface area contributed by atoms with Crippen molar-refractivity contribution in [3.8, 4) is 0 Å². The third kappa shape index (κ3) is 2.75. The number of alkyl halides is 1. The maximum absolute atomic E-state index is 13.6. The van der Waals surface area contributed by atoms with Gasteiger partial charge in [-0.05, 0) is 23.8 Å². The van der Waals surface area contributed by atoms with Gasteiger partial charge in [-0.25, -0.2) is 8.78 Å².